The molecule has 6 heteroatoms. The second kappa shape index (κ2) is 9.37. The predicted molar refractivity (Wildman–Crippen MR) is 115 cm³/mol. The number of aryl methyl sites for hydroxylation is 1. The second-order valence-electron chi connectivity index (χ2n) is 6.91. The van der Waals surface area contributed by atoms with E-state index < -0.39 is 0 Å². The first-order chi connectivity index (χ1) is 13.8. The Balaban J connectivity index is 1.60. The third kappa shape index (κ3) is 4.46. The van der Waals surface area contributed by atoms with Crippen molar-refractivity contribution in [2.75, 3.05) is 39.1 Å². The molecular weight excluding hydrogens is 368 g/mol. The summed E-state index contributed by atoms with van der Waals surface area (Å²) >= 11 is 1.76. The highest BCUT2D eigenvalue weighted by atomic mass is 32.2. The lowest BCUT2D eigenvalue weighted by molar-refractivity contribution is 0.0369. The Labute approximate surface area is 170 Å². The molecule has 3 heterocycles. The summed E-state index contributed by atoms with van der Waals surface area (Å²) in [5.41, 5.74) is 4.52. The molecule has 1 aliphatic rings. The lowest BCUT2D eigenvalue weighted by Gasteiger charge is -2.26. The van der Waals surface area contributed by atoms with E-state index >= 15 is 0 Å². The van der Waals surface area contributed by atoms with Crippen LogP contribution in [-0.4, -0.2) is 58.5 Å². The Kier molecular flexibility index (Phi) is 6.41. The summed E-state index contributed by atoms with van der Waals surface area (Å²) < 4.78 is 7.74. The molecule has 0 saturated carbocycles. The van der Waals surface area contributed by atoms with Crippen LogP contribution in [0.15, 0.2) is 60.0 Å². The van der Waals surface area contributed by atoms with E-state index in [-0.39, 0.29) is 0 Å². The minimum atomic E-state index is 0.850. The molecule has 0 N–H and O–H groups in total. The van der Waals surface area contributed by atoms with E-state index in [9.17, 15) is 0 Å². The molecule has 0 unspecified atom stereocenters. The van der Waals surface area contributed by atoms with Crippen LogP contribution in [-0.2, 0) is 11.3 Å². The Morgan fingerprint density at radius 1 is 1.04 bits per heavy atom. The molecule has 1 saturated heterocycles. The number of ether oxygens (including phenoxy) is 1. The van der Waals surface area contributed by atoms with Gasteiger partial charge in [0.2, 0.25) is 0 Å². The van der Waals surface area contributed by atoms with Crippen molar-refractivity contribution in [3.63, 3.8) is 0 Å². The van der Waals surface area contributed by atoms with E-state index in [2.05, 4.69) is 57.1 Å². The van der Waals surface area contributed by atoms with Crippen molar-refractivity contribution in [3.05, 3.63) is 55.1 Å². The summed E-state index contributed by atoms with van der Waals surface area (Å²) in [4.78, 5) is 12.7. The summed E-state index contributed by atoms with van der Waals surface area (Å²) in [6.07, 6.45) is 8.88. The first-order valence-electron chi connectivity index (χ1n) is 9.75. The fourth-order valence-corrected chi connectivity index (χ4v) is 4.09. The van der Waals surface area contributed by atoms with Crippen molar-refractivity contribution in [2.45, 2.75) is 17.9 Å². The van der Waals surface area contributed by atoms with Gasteiger partial charge in [0.25, 0.3) is 0 Å². The fourth-order valence-electron chi connectivity index (χ4n) is 3.64. The first-order valence-corrected chi connectivity index (χ1v) is 11.0. The van der Waals surface area contributed by atoms with E-state index in [4.69, 9.17) is 9.72 Å². The molecule has 4 rings (SSSR count). The number of hydrogen-bond acceptors (Lipinski definition) is 5. The average molecular weight is 395 g/mol. The SMILES string of the molecule is CSc1cccc(-c2ncn(CCCN3CCOCC3)c2-c2ccncc2)c1. The number of aromatic nitrogens is 3. The van der Waals surface area contributed by atoms with Gasteiger partial charge in [-0.2, -0.15) is 0 Å². The Morgan fingerprint density at radius 2 is 1.86 bits per heavy atom. The molecule has 3 aromatic rings. The molecular formula is C22H26N4OS. The van der Waals surface area contributed by atoms with E-state index in [1.54, 1.807) is 11.8 Å². The highest BCUT2D eigenvalue weighted by Crippen LogP contribution is 2.32. The molecule has 5 nitrogen and oxygen atoms in total. The lowest BCUT2D eigenvalue weighted by atomic mass is 10.1. The number of hydrogen-bond donors (Lipinski definition) is 0. The van der Waals surface area contributed by atoms with Crippen LogP contribution >= 0.6 is 11.8 Å². The van der Waals surface area contributed by atoms with Crippen molar-refractivity contribution in [3.8, 4) is 22.5 Å². The Morgan fingerprint density at radius 3 is 2.64 bits per heavy atom. The van der Waals surface area contributed by atoms with Crippen LogP contribution < -0.4 is 0 Å². The quantitative estimate of drug-likeness (QED) is 0.566. The topological polar surface area (TPSA) is 43.2 Å². The van der Waals surface area contributed by atoms with Crippen LogP contribution in [0.25, 0.3) is 22.5 Å². The van der Waals surface area contributed by atoms with E-state index in [0.29, 0.717) is 0 Å². The number of imidazole rings is 1. The van der Waals surface area contributed by atoms with Gasteiger partial charge >= 0.3 is 0 Å². The summed E-state index contributed by atoms with van der Waals surface area (Å²) in [7, 11) is 0. The maximum atomic E-state index is 5.45. The maximum Gasteiger partial charge on any atom is 0.0963 e. The number of pyridine rings is 1. The van der Waals surface area contributed by atoms with E-state index in [0.717, 1.165) is 62.6 Å². The number of thioether (sulfide) groups is 1. The minimum absolute atomic E-state index is 0.850. The minimum Gasteiger partial charge on any atom is -0.379 e. The highest BCUT2D eigenvalue weighted by molar-refractivity contribution is 7.98. The lowest BCUT2D eigenvalue weighted by Crippen LogP contribution is -2.37. The number of benzene rings is 1. The molecule has 0 spiro atoms. The molecule has 1 fully saturated rings. The number of rotatable bonds is 7. The first kappa shape index (κ1) is 19.2. The average Bonchev–Trinajstić information content (AvgIpc) is 3.19. The van der Waals surface area contributed by atoms with Gasteiger partial charge in [-0.3, -0.25) is 9.88 Å². The predicted octanol–water partition coefficient (Wildman–Crippen LogP) is 4.06. The van der Waals surface area contributed by atoms with Gasteiger partial charge < -0.3 is 9.30 Å². The monoisotopic (exact) mass is 394 g/mol. The normalized spacial score (nSPS) is 15.0. The summed E-state index contributed by atoms with van der Waals surface area (Å²) in [6.45, 7) is 5.81. The van der Waals surface area contributed by atoms with Gasteiger partial charge in [-0.25, -0.2) is 4.98 Å². The van der Waals surface area contributed by atoms with Crippen molar-refractivity contribution < 1.29 is 4.74 Å². The largest absolute Gasteiger partial charge is 0.379 e. The summed E-state index contributed by atoms with van der Waals surface area (Å²) in [5, 5.41) is 0. The van der Waals surface area contributed by atoms with Crippen LogP contribution in [0.4, 0.5) is 0 Å². The number of nitrogens with zero attached hydrogens (tertiary/aromatic N) is 4. The molecule has 0 atom stereocenters. The van der Waals surface area contributed by atoms with Crippen LogP contribution in [0.1, 0.15) is 6.42 Å². The molecule has 1 aliphatic heterocycles. The molecule has 2 aromatic heterocycles. The zero-order chi connectivity index (χ0) is 19.2. The zero-order valence-corrected chi connectivity index (χ0v) is 17.1. The van der Waals surface area contributed by atoms with Gasteiger partial charge in [0, 0.05) is 54.6 Å². The maximum absolute atomic E-state index is 5.45. The Bertz CT molecular complexity index is 891. The molecule has 0 radical (unpaired) electrons. The van der Waals surface area contributed by atoms with Gasteiger partial charge in [-0.15, -0.1) is 11.8 Å². The van der Waals surface area contributed by atoms with Crippen molar-refractivity contribution in [2.24, 2.45) is 0 Å². The van der Waals surface area contributed by atoms with Crippen molar-refractivity contribution >= 4 is 11.8 Å². The van der Waals surface area contributed by atoms with Crippen LogP contribution in [0.3, 0.4) is 0 Å². The van der Waals surface area contributed by atoms with Gasteiger partial charge in [-0.1, -0.05) is 12.1 Å². The molecule has 28 heavy (non-hydrogen) atoms. The van der Waals surface area contributed by atoms with Crippen LogP contribution in [0.2, 0.25) is 0 Å². The van der Waals surface area contributed by atoms with Crippen LogP contribution in [0.5, 0.6) is 0 Å². The zero-order valence-electron chi connectivity index (χ0n) is 16.3. The van der Waals surface area contributed by atoms with Gasteiger partial charge in [0.1, 0.15) is 0 Å². The van der Waals surface area contributed by atoms with Crippen LogP contribution in [0, 0.1) is 0 Å². The fraction of sp³-hybridized carbons (Fsp3) is 0.364. The van der Waals surface area contributed by atoms with Gasteiger partial charge in [0.05, 0.1) is 30.9 Å². The van der Waals surface area contributed by atoms with E-state index in [1.807, 2.05) is 18.7 Å². The van der Waals surface area contributed by atoms with Gasteiger partial charge in [-0.05, 0) is 36.9 Å². The third-order valence-corrected chi connectivity index (χ3v) is 5.84. The number of morpholine rings is 1. The summed E-state index contributed by atoms with van der Waals surface area (Å²) in [5.74, 6) is 0. The third-order valence-electron chi connectivity index (χ3n) is 5.11. The standard InChI is InChI=1S/C22H26N4OS/c1-28-20-5-2-4-19(16-20)21-22(18-6-8-23-9-7-18)26(17-24-21)11-3-10-25-12-14-27-15-13-25/h2,4-9,16-17H,3,10-15H2,1H3. The molecule has 0 amide bonds. The summed E-state index contributed by atoms with van der Waals surface area (Å²) in [6, 6.07) is 12.7. The van der Waals surface area contributed by atoms with Crippen molar-refractivity contribution in [1.29, 1.82) is 0 Å². The molecule has 0 aliphatic carbocycles. The molecule has 0 bridgehead atoms. The Hall–Kier alpha value is -2.15. The highest BCUT2D eigenvalue weighted by Gasteiger charge is 2.16. The molecule has 146 valence electrons. The smallest absolute Gasteiger partial charge is 0.0963 e. The van der Waals surface area contributed by atoms with Crippen molar-refractivity contribution in [1.82, 2.24) is 19.4 Å². The van der Waals surface area contributed by atoms with E-state index in [1.165, 1.54) is 10.6 Å². The second-order valence-corrected chi connectivity index (χ2v) is 7.79. The van der Waals surface area contributed by atoms with Gasteiger partial charge in [0.15, 0.2) is 0 Å². The molecule has 1 aromatic carbocycles.